The lowest BCUT2D eigenvalue weighted by atomic mass is 9.96. The lowest BCUT2D eigenvalue weighted by molar-refractivity contribution is -0.120. The maximum absolute atomic E-state index is 12.5. The smallest absolute Gasteiger partial charge is 0.228 e. The van der Waals surface area contributed by atoms with Crippen LogP contribution in [-0.2, 0) is 9.59 Å². The Morgan fingerprint density at radius 3 is 2.59 bits per heavy atom. The van der Waals surface area contributed by atoms with E-state index in [2.05, 4.69) is 20.4 Å². The maximum atomic E-state index is 12.5. The van der Waals surface area contributed by atoms with Crippen molar-refractivity contribution in [3.05, 3.63) is 29.3 Å². The molecular weight excluding hydrogens is 386 g/mol. The first-order chi connectivity index (χ1) is 13.1. The molecule has 0 saturated carbocycles. The van der Waals surface area contributed by atoms with E-state index in [1.165, 1.54) is 11.3 Å². The van der Waals surface area contributed by atoms with Gasteiger partial charge in [0.05, 0.1) is 10.7 Å². The van der Waals surface area contributed by atoms with Crippen LogP contribution in [0, 0.1) is 5.92 Å². The van der Waals surface area contributed by atoms with Crippen LogP contribution in [0.5, 0.6) is 0 Å². The van der Waals surface area contributed by atoms with Gasteiger partial charge in [-0.25, -0.2) is 0 Å². The highest BCUT2D eigenvalue weighted by molar-refractivity contribution is 7.19. The number of nitrogens with one attached hydrogen (secondary N) is 1. The van der Waals surface area contributed by atoms with Crippen LogP contribution >= 0.6 is 22.9 Å². The third-order valence-electron chi connectivity index (χ3n) is 4.98. The van der Waals surface area contributed by atoms with Gasteiger partial charge < -0.3 is 10.2 Å². The number of anilines is 3. The molecule has 2 fully saturated rings. The minimum absolute atomic E-state index is 0.00312. The largest absolute Gasteiger partial charge is 0.347 e. The van der Waals surface area contributed by atoms with E-state index in [0.717, 1.165) is 44.0 Å². The molecule has 4 rings (SSSR count). The monoisotopic (exact) mass is 405 g/mol. The zero-order valence-electron chi connectivity index (χ0n) is 14.7. The van der Waals surface area contributed by atoms with E-state index >= 15 is 0 Å². The average Bonchev–Trinajstić information content (AvgIpc) is 3.32. The Balaban J connectivity index is 1.34. The van der Waals surface area contributed by atoms with Gasteiger partial charge >= 0.3 is 0 Å². The highest BCUT2D eigenvalue weighted by atomic mass is 35.5. The van der Waals surface area contributed by atoms with Crippen LogP contribution in [0.3, 0.4) is 0 Å². The zero-order chi connectivity index (χ0) is 18.8. The van der Waals surface area contributed by atoms with Gasteiger partial charge in [-0.15, -0.1) is 10.2 Å². The van der Waals surface area contributed by atoms with Gasteiger partial charge in [-0.2, -0.15) is 0 Å². The number of rotatable bonds is 4. The third kappa shape index (κ3) is 3.91. The van der Waals surface area contributed by atoms with Crippen molar-refractivity contribution in [2.45, 2.75) is 25.7 Å². The van der Waals surface area contributed by atoms with E-state index < -0.39 is 0 Å². The van der Waals surface area contributed by atoms with E-state index in [1.54, 1.807) is 17.0 Å². The van der Waals surface area contributed by atoms with Crippen molar-refractivity contribution < 1.29 is 9.59 Å². The average molecular weight is 406 g/mol. The van der Waals surface area contributed by atoms with Gasteiger partial charge in [-0.1, -0.05) is 35.1 Å². The topological polar surface area (TPSA) is 78.4 Å². The Kier molecular flexibility index (Phi) is 5.27. The summed E-state index contributed by atoms with van der Waals surface area (Å²) >= 11 is 7.56. The molecule has 0 unspecified atom stereocenters. The molecule has 1 N–H and O–H groups in total. The molecule has 2 saturated heterocycles. The second kappa shape index (κ2) is 7.82. The van der Waals surface area contributed by atoms with Crippen molar-refractivity contribution >= 4 is 50.7 Å². The highest BCUT2D eigenvalue weighted by Crippen LogP contribution is 2.32. The number of carbonyl (C=O) groups is 2. The van der Waals surface area contributed by atoms with Crippen molar-refractivity contribution in [3.8, 4) is 0 Å². The number of amides is 2. The van der Waals surface area contributed by atoms with Gasteiger partial charge in [-0.3, -0.25) is 14.5 Å². The van der Waals surface area contributed by atoms with Crippen LogP contribution in [0.2, 0.25) is 5.02 Å². The first-order valence-electron chi connectivity index (χ1n) is 9.06. The molecule has 2 aliphatic heterocycles. The quantitative estimate of drug-likeness (QED) is 0.845. The minimum Gasteiger partial charge on any atom is -0.347 e. The summed E-state index contributed by atoms with van der Waals surface area (Å²) in [7, 11) is 0. The van der Waals surface area contributed by atoms with Gasteiger partial charge in [0.1, 0.15) is 0 Å². The lowest BCUT2D eigenvalue weighted by Crippen LogP contribution is -2.38. The Morgan fingerprint density at radius 2 is 1.89 bits per heavy atom. The fourth-order valence-corrected chi connectivity index (χ4v) is 4.55. The SMILES string of the molecule is O=C(Nc1ccccc1Cl)C1CCN(c2nnc(N3CCCC3=O)s2)CC1. The molecule has 2 amide bonds. The summed E-state index contributed by atoms with van der Waals surface area (Å²) in [6, 6.07) is 7.25. The molecular formula is C18H20ClN5O2S. The van der Waals surface area contributed by atoms with Crippen LogP contribution in [0.1, 0.15) is 25.7 Å². The van der Waals surface area contributed by atoms with Crippen LogP contribution < -0.4 is 15.1 Å². The van der Waals surface area contributed by atoms with Gasteiger partial charge in [-0.05, 0) is 31.4 Å². The van der Waals surface area contributed by atoms with Gasteiger partial charge in [0, 0.05) is 32.0 Å². The Bertz CT molecular complexity index is 850. The molecule has 0 radical (unpaired) electrons. The number of halogens is 1. The minimum atomic E-state index is -0.0509. The summed E-state index contributed by atoms with van der Waals surface area (Å²) in [4.78, 5) is 28.2. The van der Waals surface area contributed by atoms with Crippen molar-refractivity contribution in [3.63, 3.8) is 0 Å². The Morgan fingerprint density at radius 1 is 1.15 bits per heavy atom. The van der Waals surface area contributed by atoms with Crippen molar-refractivity contribution in [2.24, 2.45) is 5.92 Å². The molecule has 1 aromatic heterocycles. The van der Waals surface area contributed by atoms with E-state index in [1.807, 2.05) is 12.1 Å². The standard InChI is InChI=1S/C18H20ClN5O2S/c19-13-4-1-2-5-14(13)20-16(26)12-7-10-23(11-8-12)17-21-22-18(27-17)24-9-3-6-15(24)25/h1-2,4-5,12H,3,6-11H2,(H,20,26). The van der Waals surface area contributed by atoms with Crippen molar-refractivity contribution in [1.82, 2.24) is 10.2 Å². The van der Waals surface area contributed by atoms with Gasteiger partial charge in [0.15, 0.2) is 0 Å². The Labute approximate surface area is 166 Å². The lowest BCUT2D eigenvalue weighted by Gasteiger charge is -2.30. The maximum Gasteiger partial charge on any atom is 0.228 e. The summed E-state index contributed by atoms with van der Waals surface area (Å²) in [6.07, 6.45) is 2.95. The van der Waals surface area contributed by atoms with Crippen LogP contribution in [0.15, 0.2) is 24.3 Å². The fraction of sp³-hybridized carbons (Fsp3) is 0.444. The molecule has 142 valence electrons. The molecule has 0 atom stereocenters. The van der Waals surface area contributed by atoms with Crippen molar-refractivity contribution in [1.29, 1.82) is 0 Å². The number of piperidine rings is 1. The molecule has 9 heteroatoms. The van der Waals surface area contributed by atoms with Crippen LogP contribution in [0.25, 0.3) is 0 Å². The van der Waals surface area contributed by atoms with Gasteiger partial charge in [0.2, 0.25) is 22.1 Å². The molecule has 1 aromatic carbocycles. The summed E-state index contributed by atoms with van der Waals surface area (Å²) in [6.45, 7) is 2.20. The molecule has 2 aliphatic rings. The van der Waals surface area contributed by atoms with Crippen LogP contribution in [-0.4, -0.2) is 41.6 Å². The molecule has 3 heterocycles. The first kappa shape index (κ1) is 18.2. The molecule has 0 bridgehead atoms. The number of hydrogen-bond acceptors (Lipinski definition) is 6. The van der Waals surface area contributed by atoms with E-state index in [9.17, 15) is 9.59 Å². The first-order valence-corrected chi connectivity index (χ1v) is 10.3. The molecule has 2 aromatic rings. The van der Waals surface area contributed by atoms with Crippen LogP contribution in [0.4, 0.5) is 16.0 Å². The Hall–Kier alpha value is -2.19. The predicted octanol–water partition coefficient (Wildman–Crippen LogP) is 3.17. The summed E-state index contributed by atoms with van der Waals surface area (Å²) in [5.41, 5.74) is 0.649. The number of carbonyl (C=O) groups excluding carboxylic acids is 2. The van der Waals surface area contributed by atoms with E-state index in [0.29, 0.717) is 22.3 Å². The summed E-state index contributed by atoms with van der Waals surface area (Å²) in [5.74, 6) is 0.0705. The molecule has 0 aliphatic carbocycles. The number of benzene rings is 1. The number of aromatic nitrogens is 2. The molecule has 0 spiro atoms. The highest BCUT2D eigenvalue weighted by Gasteiger charge is 2.29. The van der Waals surface area contributed by atoms with E-state index in [4.69, 9.17) is 11.6 Å². The third-order valence-corrected chi connectivity index (χ3v) is 6.31. The van der Waals surface area contributed by atoms with E-state index in [-0.39, 0.29) is 17.7 Å². The second-order valence-corrected chi connectivity index (χ2v) is 8.09. The molecule has 7 nitrogen and oxygen atoms in total. The summed E-state index contributed by atoms with van der Waals surface area (Å²) in [5, 5.41) is 13.4. The second-order valence-electron chi connectivity index (χ2n) is 6.75. The normalized spacial score (nSPS) is 18.2. The predicted molar refractivity (Wildman–Crippen MR) is 107 cm³/mol. The van der Waals surface area contributed by atoms with Crippen molar-refractivity contribution in [2.75, 3.05) is 34.8 Å². The summed E-state index contributed by atoms with van der Waals surface area (Å²) < 4.78 is 0. The number of nitrogens with zero attached hydrogens (tertiary/aromatic N) is 4. The molecule has 27 heavy (non-hydrogen) atoms. The fourth-order valence-electron chi connectivity index (χ4n) is 3.43. The van der Waals surface area contributed by atoms with Gasteiger partial charge in [0.25, 0.3) is 0 Å². The zero-order valence-corrected chi connectivity index (χ0v) is 16.3. The number of hydrogen-bond donors (Lipinski definition) is 1. The number of para-hydroxylation sites is 1.